The average Bonchev–Trinajstić information content (AvgIpc) is 2.13. The maximum Gasteiger partial charge on any atom is 0.132 e. The van der Waals surface area contributed by atoms with Crippen molar-refractivity contribution in [3.63, 3.8) is 0 Å². The molecular weight excluding hydrogens is 404 g/mol. The number of aromatic hydroxyl groups is 1. The molecule has 1 rings (SSSR count). The predicted octanol–water partition coefficient (Wildman–Crippen LogP) is 2.88. The second-order valence-corrected chi connectivity index (χ2v) is 5.68. The van der Waals surface area contributed by atoms with Crippen LogP contribution in [0.3, 0.4) is 0 Å². The molecule has 0 saturated heterocycles. The molecule has 0 saturated carbocycles. The Morgan fingerprint density at radius 2 is 2.07 bits per heavy atom. The Bertz CT molecular complexity index is 328. The van der Waals surface area contributed by atoms with Crippen LogP contribution < -0.4 is 5.73 Å². The van der Waals surface area contributed by atoms with Gasteiger partial charge in [-0.2, -0.15) is 0 Å². The number of halogens is 2. The van der Waals surface area contributed by atoms with Crippen LogP contribution in [0.15, 0.2) is 12.1 Å². The summed E-state index contributed by atoms with van der Waals surface area (Å²) in [6, 6.07) is 4.08. The second-order valence-electron chi connectivity index (χ2n) is 3.27. The van der Waals surface area contributed by atoms with Crippen LogP contribution in [0.5, 0.6) is 5.75 Å². The van der Waals surface area contributed by atoms with Gasteiger partial charge in [-0.3, -0.25) is 0 Å². The quantitative estimate of drug-likeness (QED) is 0.744. The molecule has 0 radical (unpaired) electrons. The second kappa shape index (κ2) is 5.50. The Hall–Kier alpha value is 0.440. The highest BCUT2D eigenvalue weighted by molar-refractivity contribution is 14.1. The monoisotopic (exact) mass is 417 g/mol. The molecule has 0 aromatic heterocycles. The molecule has 0 aliphatic heterocycles. The Morgan fingerprint density at radius 3 is 2.64 bits per heavy atom. The third-order valence-electron chi connectivity index (χ3n) is 2.11. The van der Waals surface area contributed by atoms with Gasteiger partial charge in [0.1, 0.15) is 5.75 Å². The third kappa shape index (κ3) is 3.23. The van der Waals surface area contributed by atoms with Crippen molar-refractivity contribution in [1.82, 2.24) is 0 Å². The summed E-state index contributed by atoms with van der Waals surface area (Å²) in [4.78, 5) is 0. The van der Waals surface area contributed by atoms with E-state index in [9.17, 15) is 5.11 Å². The number of nitrogens with two attached hydrogens (primary N) is 1. The zero-order valence-corrected chi connectivity index (χ0v) is 12.2. The van der Waals surface area contributed by atoms with E-state index < -0.39 is 0 Å². The topological polar surface area (TPSA) is 46.2 Å². The minimum atomic E-state index is 0.134. The highest BCUT2D eigenvalue weighted by Gasteiger charge is 2.10. The first-order valence-electron chi connectivity index (χ1n) is 4.47. The van der Waals surface area contributed by atoms with Gasteiger partial charge in [-0.05, 0) is 75.7 Å². The summed E-state index contributed by atoms with van der Waals surface area (Å²) in [6.07, 6.45) is 1.68. The van der Waals surface area contributed by atoms with Crippen LogP contribution in [0.2, 0.25) is 0 Å². The molecule has 1 aromatic carbocycles. The lowest BCUT2D eigenvalue weighted by atomic mass is 10.0. The van der Waals surface area contributed by atoms with E-state index in [4.69, 9.17) is 5.73 Å². The van der Waals surface area contributed by atoms with E-state index in [1.165, 1.54) is 0 Å². The zero-order valence-electron chi connectivity index (χ0n) is 7.93. The smallest absolute Gasteiger partial charge is 0.132 e. The van der Waals surface area contributed by atoms with Crippen molar-refractivity contribution >= 4 is 45.2 Å². The van der Waals surface area contributed by atoms with Gasteiger partial charge in [0.15, 0.2) is 0 Å². The Labute approximate surface area is 112 Å². The van der Waals surface area contributed by atoms with Gasteiger partial charge in [0.25, 0.3) is 0 Å². The summed E-state index contributed by atoms with van der Waals surface area (Å²) in [7, 11) is 0. The third-order valence-corrected chi connectivity index (χ3v) is 3.56. The molecule has 0 heterocycles. The molecular formula is C10H13I2NO. The first-order chi connectivity index (χ1) is 6.54. The molecule has 1 atom stereocenters. The highest BCUT2D eigenvalue weighted by atomic mass is 127. The summed E-state index contributed by atoms with van der Waals surface area (Å²) < 4.78 is 2.04. The van der Waals surface area contributed by atoms with Crippen molar-refractivity contribution in [2.24, 2.45) is 5.73 Å². The van der Waals surface area contributed by atoms with Gasteiger partial charge in [-0.1, -0.05) is 6.92 Å². The summed E-state index contributed by atoms with van der Waals surface area (Å²) in [5.74, 6) is 0.384. The largest absolute Gasteiger partial charge is 0.507 e. The van der Waals surface area contributed by atoms with Crippen molar-refractivity contribution in [2.75, 3.05) is 0 Å². The number of rotatable bonds is 3. The number of phenolic OH excluding ortho intramolecular Hbond substituents is 1. The van der Waals surface area contributed by atoms with Crippen molar-refractivity contribution in [3.8, 4) is 5.75 Å². The molecule has 0 aliphatic carbocycles. The van der Waals surface area contributed by atoms with Crippen molar-refractivity contribution in [1.29, 1.82) is 0 Å². The Kier molecular flexibility index (Phi) is 4.92. The average molecular weight is 417 g/mol. The molecule has 78 valence electrons. The molecule has 0 spiro atoms. The lowest BCUT2D eigenvalue weighted by Crippen LogP contribution is -2.21. The molecule has 0 bridgehead atoms. The summed E-state index contributed by atoms with van der Waals surface area (Å²) in [6.45, 7) is 2.06. The lowest BCUT2D eigenvalue weighted by molar-refractivity contribution is 0.460. The van der Waals surface area contributed by atoms with E-state index in [0.717, 1.165) is 25.5 Å². The first-order valence-corrected chi connectivity index (χ1v) is 6.62. The van der Waals surface area contributed by atoms with E-state index in [1.54, 1.807) is 0 Å². The Morgan fingerprint density at radius 1 is 1.43 bits per heavy atom. The van der Waals surface area contributed by atoms with Gasteiger partial charge in [-0.15, -0.1) is 0 Å². The maximum atomic E-state index is 9.80. The summed E-state index contributed by atoms with van der Waals surface area (Å²) in [5, 5.41) is 9.80. The van der Waals surface area contributed by atoms with E-state index in [1.807, 2.05) is 12.1 Å². The van der Waals surface area contributed by atoms with Crippen LogP contribution in [0.4, 0.5) is 0 Å². The SMILES string of the molecule is CCC(N)Cc1cc(I)cc(I)c1O. The van der Waals surface area contributed by atoms with Gasteiger partial charge in [0.2, 0.25) is 0 Å². The maximum absolute atomic E-state index is 9.80. The van der Waals surface area contributed by atoms with Gasteiger partial charge in [-0.25, -0.2) is 0 Å². The highest BCUT2D eigenvalue weighted by Crippen LogP contribution is 2.27. The minimum Gasteiger partial charge on any atom is -0.507 e. The zero-order chi connectivity index (χ0) is 10.7. The molecule has 3 N–H and O–H groups in total. The molecule has 2 nitrogen and oxygen atoms in total. The van der Waals surface area contributed by atoms with Crippen molar-refractivity contribution in [3.05, 3.63) is 24.8 Å². The molecule has 14 heavy (non-hydrogen) atoms. The van der Waals surface area contributed by atoms with Gasteiger partial charge < -0.3 is 10.8 Å². The van der Waals surface area contributed by atoms with Crippen LogP contribution in [-0.2, 0) is 6.42 Å². The van der Waals surface area contributed by atoms with Crippen LogP contribution in [0.1, 0.15) is 18.9 Å². The van der Waals surface area contributed by atoms with Gasteiger partial charge >= 0.3 is 0 Å². The number of hydrogen-bond acceptors (Lipinski definition) is 2. The van der Waals surface area contributed by atoms with Crippen LogP contribution >= 0.6 is 45.2 Å². The van der Waals surface area contributed by atoms with Gasteiger partial charge in [0.05, 0.1) is 3.57 Å². The van der Waals surface area contributed by atoms with Crippen molar-refractivity contribution < 1.29 is 5.11 Å². The number of hydrogen-bond donors (Lipinski definition) is 2. The molecule has 0 aliphatic rings. The van der Waals surface area contributed by atoms with E-state index in [-0.39, 0.29) is 6.04 Å². The fourth-order valence-corrected chi connectivity index (χ4v) is 3.17. The van der Waals surface area contributed by atoms with E-state index >= 15 is 0 Å². The fourth-order valence-electron chi connectivity index (χ4n) is 1.20. The number of phenols is 1. The summed E-state index contributed by atoms with van der Waals surface area (Å²) in [5.41, 5.74) is 6.81. The molecule has 1 unspecified atom stereocenters. The fraction of sp³-hybridized carbons (Fsp3) is 0.400. The molecule has 4 heteroatoms. The number of benzene rings is 1. The first kappa shape index (κ1) is 12.5. The van der Waals surface area contributed by atoms with Crippen LogP contribution in [0, 0.1) is 7.14 Å². The minimum absolute atomic E-state index is 0.134. The van der Waals surface area contributed by atoms with Crippen molar-refractivity contribution in [2.45, 2.75) is 25.8 Å². The standard InChI is InChI=1S/C10H13I2NO/c1-2-8(13)4-6-3-7(11)5-9(12)10(6)14/h3,5,8,14H,2,4,13H2,1H3. The predicted molar refractivity (Wildman–Crippen MR) is 75.5 cm³/mol. The van der Waals surface area contributed by atoms with E-state index in [0.29, 0.717) is 5.75 Å². The van der Waals surface area contributed by atoms with Gasteiger partial charge in [0, 0.05) is 9.61 Å². The van der Waals surface area contributed by atoms with E-state index in [2.05, 4.69) is 52.1 Å². The summed E-state index contributed by atoms with van der Waals surface area (Å²) >= 11 is 4.39. The van der Waals surface area contributed by atoms with Crippen LogP contribution in [-0.4, -0.2) is 11.1 Å². The molecule has 0 fully saturated rings. The Balaban J connectivity index is 2.96. The molecule has 1 aromatic rings. The van der Waals surface area contributed by atoms with Crippen LogP contribution in [0.25, 0.3) is 0 Å². The lowest BCUT2D eigenvalue weighted by Gasteiger charge is -2.11. The molecule has 0 amide bonds. The normalized spacial score (nSPS) is 12.9.